The summed E-state index contributed by atoms with van der Waals surface area (Å²) in [5, 5.41) is 11.7. The number of H-pyrrole nitrogens is 1. The van der Waals surface area contributed by atoms with Gasteiger partial charge >= 0.3 is 5.56 Å². The first-order chi connectivity index (χ1) is 14.2. The van der Waals surface area contributed by atoms with Crippen LogP contribution in [-0.2, 0) is 13.0 Å². The summed E-state index contributed by atoms with van der Waals surface area (Å²) >= 11 is 3.50. The highest BCUT2D eigenvalue weighted by molar-refractivity contribution is 9.10. The molecular weight excluding hydrogens is 432 g/mol. The molecule has 0 saturated heterocycles. The highest BCUT2D eigenvalue weighted by Crippen LogP contribution is 2.24. The molecule has 0 atom stereocenters. The molecule has 0 aliphatic heterocycles. The van der Waals surface area contributed by atoms with E-state index >= 15 is 0 Å². The highest BCUT2D eigenvalue weighted by Gasteiger charge is 2.21. The van der Waals surface area contributed by atoms with Gasteiger partial charge in [0.25, 0.3) is 0 Å². The molecule has 0 spiro atoms. The van der Waals surface area contributed by atoms with Crippen molar-refractivity contribution in [3.05, 3.63) is 80.7 Å². The fourth-order valence-corrected chi connectivity index (χ4v) is 4.13. The van der Waals surface area contributed by atoms with Crippen molar-refractivity contribution in [3.63, 3.8) is 0 Å². The molecule has 2 aromatic carbocycles. The quantitative estimate of drug-likeness (QED) is 0.453. The van der Waals surface area contributed by atoms with Crippen molar-refractivity contribution >= 4 is 32.6 Å². The third kappa shape index (κ3) is 2.87. The molecule has 0 saturated carbocycles. The summed E-state index contributed by atoms with van der Waals surface area (Å²) in [5.41, 5.74) is 4.17. The highest BCUT2D eigenvalue weighted by atomic mass is 79.9. The number of aromatic amines is 1. The molecule has 5 rings (SSSR count). The molecule has 0 aliphatic carbocycles. The number of fused-ring (bicyclic) bond motifs is 2. The molecule has 144 valence electrons. The smallest absolute Gasteiger partial charge is 0.302 e. The molecule has 3 heterocycles. The lowest BCUT2D eigenvalue weighted by Crippen LogP contribution is -2.21. The Morgan fingerprint density at radius 1 is 1.03 bits per heavy atom. The predicted octanol–water partition coefficient (Wildman–Crippen LogP) is 3.81. The van der Waals surface area contributed by atoms with Crippen LogP contribution in [0.4, 0.5) is 0 Å². The number of aryl methyl sites for hydroxylation is 1. The summed E-state index contributed by atoms with van der Waals surface area (Å²) in [5.74, 6) is 0.505. The maximum atomic E-state index is 13.2. The first kappa shape index (κ1) is 17.8. The Morgan fingerprint density at radius 3 is 2.59 bits per heavy atom. The van der Waals surface area contributed by atoms with Crippen LogP contribution in [0.15, 0.2) is 63.9 Å². The SMILES string of the molecule is CCc1[nH]n2c(=O)c(-c3nc4ccccc4n3Cc3ccccc3)nnc2c1Br. The summed E-state index contributed by atoms with van der Waals surface area (Å²) in [6.45, 7) is 2.59. The van der Waals surface area contributed by atoms with Crippen LogP contribution >= 0.6 is 15.9 Å². The van der Waals surface area contributed by atoms with Gasteiger partial charge in [-0.25, -0.2) is 4.98 Å². The van der Waals surface area contributed by atoms with E-state index in [9.17, 15) is 4.79 Å². The van der Waals surface area contributed by atoms with Crippen LogP contribution < -0.4 is 5.56 Å². The second-order valence-corrected chi connectivity index (χ2v) is 7.56. The molecule has 7 nitrogen and oxygen atoms in total. The number of rotatable bonds is 4. The van der Waals surface area contributed by atoms with Gasteiger partial charge in [-0.2, -0.15) is 4.52 Å². The Hall–Kier alpha value is -3.26. The van der Waals surface area contributed by atoms with Gasteiger partial charge in [0.2, 0.25) is 0 Å². The number of hydrogen-bond donors (Lipinski definition) is 1. The third-order valence-electron chi connectivity index (χ3n) is 4.97. The van der Waals surface area contributed by atoms with E-state index in [1.54, 1.807) is 0 Å². The second-order valence-electron chi connectivity index (χ2n) is 6.77. The summed E-state index contributed by atoms with van der Waals surface area (Å²) in [7, 11) is 0. The van der Waals surface area contributed by atoms with E-state index in [0.29, 0.717) is 18.0 Å². The lowest BCUT2D eigenvalue weighted by atomic mass is 10.2. The molecule has 0 amide bonds. The fraction of sp³-hybridized carbons (Fsp3) is 0.143. The molecule has 29 heavy (non-hydrogen) atoms. The van der Waals surface area contributed by atoms with Gasteiger partial charge in [-0.3, -0.25) is 9.89 Å². The van der Waals surface area contributed by atoms with E-state index < -0.39 is 0 Å². The maximum absolute atomic E-state index is 13.2. The van der Waals surface area contributed by atoms with Crippen LogP contribution in [0.5, 0.6) is 0 Å². The standard InChI is InChI=1S/C21H17BrN6O/c1-2-14-17(22)19-25-24-18(21(29)28(19)26-14)20-23-15-10-6-7-11-16(15)27(20)12-13-8-4-3-5-9-13/h3-11,26H,2,12H2,1H3. The first-order valence-electron chi connectivity index (χ1n) is 9.32. The number of nitrogens with one attached hydrogen (secondary N) is 1. The Kier molecular flexibility index (Phi) is 4.28. The molecule has 0 radical (unpaired) electrons. The number of nitrogens with zero attached hydrogens (tertiary/aromatic N) is 5. The van der Waals surface area contributed by atoms with E-state index in [0.717, 1.165) is 33.2 Å². The zero-order valence-electron chi connectivity index (χ0n) is 15.6. The maximum Gasteiger partial charge on any atom is 0.302 e. The van der Waals surface area contributed by atoms with Gasteiger partial charge in [0.15, 0.2) is 17.2 Å². The lowest BCUT2D eigenvalue weighted by molar-refractivity contribution is 0.797. The summed E-state index contributed by atoms with van der Waals surface area (Å²) < 4.78 is 4.20. The number of imidazole rings is 1. The average Bonchev–Trinajstić information content (AvgIpc) is 3.28. The van der Waals surface area contributed by atoms with Gasteiger partial charge in [-0.1, -0.05) is 49.4 Å². The topological polar surface area (TPSA) is 80.9 Å². The molecular formula is C21H17BrN6O. The van der Waals surface area contributed by atoms with E-state index in [4.69, 9.17) is 4.98 Å². The van der Waals surface area contributed by atoms with Gasteiger partial charge in [0.05, 0.1) is 15.5 Å². The zero-order valence-corrected chi connectivity index (χ0v) is 17.2. The van der Waals surface area contributed by atoms with Gasteiger partial charge in [-0.05, 0) is 40.0 Å². The lowest BCUT2D eigenvalue weighted by Gasteiger charge is -2.08. The van der Waals surface area contributed by atoms with Crippen LogP contribution in [0.25, 0.3) is 28.2 Å². The minimum absolute atomic E-state index is 0.214. The molecule has 0 aliphatic rings. The molecule has 0 unspecified atom stereocenters. The van der Waals surface area contributed by atoms with Crippen molar-refractivity contribution in [2.45, 2.75) is 19.9 Å². The van der Waals surface area contributed by atoms with Crippen LogP contribution in [0.2, 0.25) is 0 Å². The summed E-state index contributed by atoms with van der Waals surface area (Å²) in [4.78, 5) is 18.0. The first-order valence-corrected chi connectivity index (χ1v) is 10.1. The average molecular weight is 449 g/mol. The number of benzene rings is 2. The minimum atomic E-state index is -0.278. The van der Waals surface area contributed by atoms with E-state index in [-0.39, 0.29) is 11.3 Å². The number of para-hydroxylation sites is 2. The Bertz CT molecular complexity index is 1400. The van der Waals surface area contributed by atoms with Crippen molar-refractivity contribution in [1.29, 1.82) is 0 Å². The second kappa shape index (κ2) is 6.97. The van der Waals surface area contributed by atoms with Crippen molar-refractivity contribution in [2.75, 3.05) is 0 Å². The molecule has 5 aromatic rings. The Balaban J connectivity index is 1.76. The van der Waals surface area contributed by atoms with Crippen LogP contribution in [0.3, 0.4) is 0 Å². The number of aromatic nitrogens is 6. The van der Waals surface area contributed by atoms with Gasteiger partial charge in [0.1, 0.15) is 0 Å². The van der Waals surface area contributed by atoms with Crippen molar-refractivity contribution in [1.82, 2.24) is 29.4 Å². The normalized spacial score (nSPS) is 11.5. The Labute approximate surface area is 174 Å². The Morgan fingerprint density at radius 2 is 1.79 bits per heavy atom. The molecule has 3 aromatic heterocycles. The summed E-state index contributed by atoms with van der Waals surface area (Å²) in [6.07, 6.45) is 0.741. The summed E-state index contributed by atoms with van der Waals surface area (Å²) in [6, 6.07) is 17.9. The van der Waals surface area contributed by atoms with E-state index in [1.165, 1.54) is 4.52 Å². The van der Waals surface area contributed by atoms with Gasteiger partial charge < -0.3 is 4.57 Å². The number of hydrogen-bond acceptors (Lipinski definition) is 4. The largest absolute Gasteiger partial charge is 0.318 e. The molecule has 8 heteroatoms. The van der Waals surface area contributed by atoms with Gasteiger partial charge in [0, 0.05) is 12.2 Å². The van der Waals surface area contributed by atoms with Gasteiger partial charge in [-0.15, -0.1) is 10.2 Å². The van der Waals surface area contributed by atoms with Crippen LogP contribution in [0.1, 0.15) is 18.2 Å². The molecule has 0 fully saturated rings. The fourth-order valence-electron chi connectivity index (χ4n) is 3.51. The van der Waals surface area contributed by atoms with Crippen LogP contribution in [0, 0.1) is 0 Å². The van der Waals surface area contributed by atoms with Crippen molar-refractivity contribution in [3.8, 4) is 11.5 Å². The minimum Gasteiger partial charge on any atom is -0.318 e. The monoisotopic (exact) mass is 448 g/mol. The molecule has 1 N–H and O–H groups in total. The van der Waals surface area contributed by atoms with Crippen LogP contribution in [-0.4, -0.2) is 29.4 Å². The van der Waals surface area contributed by atoms with Crippen molar-refractivity contribution < 1.29 is 0 Å². The number of halogens is 1. The predicted molar refractivity (Wildman–Crippen MR) is 115 cm³/mol. The zero-order chi connectivity index (χ0) is 20.0. The van der Waals surface area contributed by atoms with Crippen molar-refractivity contribution in [2.24, 2.45) is 0 Å². The molecule has 0 bridgehead atoms. The van der Waals surface area contributed by atoms with E-state index in [1.807, 2.05) is 54.0 Å². The van der Waals surface area contributed by atoms with E-state index in [2.05, 4.69) is 43.4 Å². The third-order valence-corrected chi connectivity index (χ3v) is 5.81.